The highest BCUT2D eigenvalue weighted by Crippen LogP contribution is 2.43. The molecule has 12 aromatic rings. The summed E-state index contributed by atoms with van der Waals surface area (Å²) < 4.78 is 7.71. The van der Waals surface area contributed by atoms with Gasteiger partial charge in [0.25, 0.3) is 0 Å². The van der Waals surface area contributed by atoms with Crippen molar-refractivity contribution in [3.63, 3.8) is 0 Å². The summed E-state index contributed by atoms with van der Waals surface area (Å²) in [5.74, 6) is 0. The van der Waals surface area contributed by atoms with Crippen molar-refractivity contribution in [2.24, 2.45) is 0 Å². The molecule has 0 atom stereocenters. The van der Waals surface area contributed by atoms with Crippen LogP contribution in [0.15, 0.2) is 170 Å². The topological polar surface area (TPSA) is 14.8 Å². The average Bonchev–Trinajstić information content (AvgIpc) is 4.00. The third kappa shape index (κ3) is 5.95. The zero-order valence-corrected chi connectivity index (χ0v) is 42.1. The molecule has 4 heterocycles. The van der Waals surface area contributed by atoms with Crippen molar-refractivity contribution in [1.29, 1.82) is 0 Å². The molecule has 0 unspecified atom stereocenters. The molecule has 1 aliphatic heterocycles. The van der Waals surface area contributed by atoms with Crippen LogP contribution in [-0.4, -0.2) is 20.4 Å². The molecule has 0 N–H and O–H groups in total. The lowest BCUT2D eigenvalue weighted by Crippen LogP contribution is -2.58. The summed E-state index contributed by atoms with van der Waals surface area (Å²) in [5, 5.41) is 7.72. The summed E-state index contributed by atoms with van der Waals surface area (Å²) in [6, 6.07) is 64.3. The van der Waals surface area contributed by atoms with Crippen molar-refractivity contribution in [2.45, 2.75) is 80.1 Å². The second kappa shape index (κ2) is 15.0. The van der Waals surface area contributed by atoms with Crippen LogP contribution in [0.3, 0.4) is 0 Å². The fourth-order valence-corrected chi connectivity index (χ4v) is 12.5. The highest BCUT2D eigenvalue weighted by molar-refractivity contribution is 6.98. The van der Waals surface area contributed by atoms with Gasteiger partial charge in [-0.25, -0.2) is 0 Å². The minimum atomic E-state index is 0.0145. The van der Waals surface area contributed by atoms with Crippen LogP contribution in [0.1, 0.15) is 74.9 Å². The zero-order valence-electron chi connectivity index (χ0n) is 42.1. The second-order valence-corrected chi connectivity index (χ2v) is 22.3. The van der Waals surface area contributed by atoms with Gasteiger partial charge in [-0.15, -0.1) is 0 Å². The van der Waals surface area contributed by atoms with Gasteiger partial charge in [-0.3, -0.25) is 0 Å². The maximum atomic E-state index is 2.59. The molecule has 0 spiro atoms. The van der Waals surface area contributed by atoms with Crippen LogP contribution in [0.5, 0.6) is 0 Å². The minimum absolute atomic E-state index is 0.0145. The number of para-hydroxylation sites is 3. The number of aromatic nitrogens is 3. The van der Waals surface area contributed by atoms with Gasteiger partial charge in [-0.1, -0.05) is 173 Å². The van der Waals surface area contributed by atoms with Crippen LogP contribution in [0.25, 0.3) is 93.6 Å². The van der Waals surface area contributed by atoms with E-state index >= 15 is 0 Å². The standard InChI is InChI=1S/C66H58BN3/c1-39-41(3)63(69-56-33-29-45(65(5,6)7)37-50(56)51-38-46(66(8,9)10)30-34-57(51)69)42(4)40(2)62(39)67-52-24-16-19-27-58(52)70-55-26-18-15-23-49(55)61-59(35-32-53(67)64(61)70)68-54-25-17-14-22-47(54)48-31-28-44(36-60(48)68)43-20-12-11-13-21-43/h11-38H,1-10H3. The van der Waals surface area contributed by atoms with E-state index in [1.54, 1.807) is 0 Å². The molecule has 0 aliphatic carbocycles. The monoisotopic (exact) mass is 903 g/mol. The Hall–Kier alpha value is -7.56. The van der Waals surface area contributed by atoms with Crippen molar-refractivity contribution in [3.8, 4) is 28.2 Å². The Morgan fingerprint density at radius 2 is 0.900 bits per heavy atom. The highest BCUT2D eigenvalue weighted by Gasteiger charge is 2.38. The molecule has 0 saturated carbocycles. The largest absolute Gasteiger partial charge is 0.310 e. The van der Waals surface area contributed by atoms with E-state index in [0.29, 0.717) is 0 Å². The van der Waals surface area contributed by atoms with E-state index in [0.717, 1.165) is 0 Å². The summed E-state index contributed by atoms with van der Waals surface area (Å²) in [5.41, 5.74) is 25.9. The molecular weight excluding hydrogens is 846 g/mol. The second-order valence-electron chi connectivity index (χ2n) is 22.3. The zero-order chi connectivity index (χ0) is 48.1. The first-order chi connectivity index (χ1) is 33.7. The van der Waals surface area contributed by atoms with Crippen molar-refractivity contribution < 1.29 is 0 Å². The Labute approximate surface area is 411 Å². The summed E-state index contributed by atoms with van der Waals surface area (Å²) in [4.78, 5) is 0. The van der Waals surface area contributed by atoms with E-state index in [1.807, 2.05) is 0 Å². The summed E-state index contributed by atoms with van der Waals surface area (Å²) >= 11 is 0. The minimum Gasteiger partial charge on any atom is -0.310 e. The first kappa shape index (κ1) is 42.5. The third-order valence-corrected chi connectivity index (χ3v) is 16.3. The Bertz CT molecular complexity index is 4080. The van der Waals surface area contributed by atoms with E-state index in [9.17, 15) is 0 Å². The van der Waals surface area contributed by atoms with Crippen molar-refractivity contribution in [3.05, 3.63) is 203 Å². The molecule has 0 bridgehead atoms. The molecule has 4 heteroatoms. The van der Waals surface area contributed by atoms with Crippen LogP contribution in [-0.2, 0) is 10.8 Å². The van der Waals surface area contributed by atoms with Crippen molar-refractivity contribution in [1.82, 2.24) is 13.7 Å². The molecule has 70 heavy (non-hydrogen) atoms. The van der Waals surface area contributed by atoms with Crippen LogP contribution >= 0.6 is 0 Å². The molecule has 0 amide bonds. The highest BCUT2D eigenvalue weighted by atomic mass is 15.0. The van der Waals surface area contributed by atoms with E-state index in [-0.39, 0.29) is 17.5 Å². The molecule has 0 fully saturated rings. The van der Waals surface area contributed by atoms with Crippen molar-refractivity contribution in [2.75, 3.05) is 0 Å². The SMILES string of the molecule is Cc1c(C)c(-n2c3ccc(C(C)(C)C)cc3c3cc(C(C)(C)C)ccc32)c(C)c(C)c1B1c2ccccc2-n2c3ccccc3c3c(-n4c5ccccc5c5ccc(-c6ccccc6)cc54)ccc1c32. The fourth-order valence-electron chi connectivity index (χ4n) is 12.5. The molecular formula is C66H58BN3. The number of rotatable bonds is 4. The maximum absolute atomic E-state index is 2.59. The summed E-state index contributed by atoms with van der Waals surface area (Å²) in [6.45, 7) is 23.5. The molecule has 0 radical (unpaired) electrons. The number of fused-ring (bicyclic) bond motifs is 11. The van der Waals surface area contributed by atoms with Gasteiger partial charge in [0.15, 0.2) is 0 Å². The van der Waals surface area contributed by atoms with Crippen LogP contribution in [0, 0.1) is 27.7 Å². The molecule has 3 aromatic heterocycles. The maximum Gasteiger partial charge on any atom is 0.247 e. The van der Waals surface area contributed by atoms with Gasteiger partial charge < -0.3 is 13.7 Å². The Morgan fingerprint density at radius 3 is 1.54 bits per heavy atom. The van der Waals surface area contributed by atoms with E-state index in [2.05, 4.69) is 253 Å². The smallest absolute Gasteiger partial charge is 0.247 e. The normalized spacial score (nSPS) is 13.0. The molecule has 340 valence electrons. The fraction of sp³-hybridized carbons (Fsp3) is 0.182. The lowest BCUT2D eigenvalue weighted by molar-refractivity contribution is 0.590. The van der Waals surface area contributed by atoms with Gasteiger partial charge in [0.1, 0.15) is 0 Å². The molecule has 3 nitrogen and oxygen atoms in total. The van der Waals surface area contributed by atoms with Gasteiger partial charge in [0.2, 0.25) is 6.71 Å². The van der Waals surface area contributed by atoms with Crippen LogP contribution < -0.4 is 16.4 Å². The molecule has 1 aliphatic rings. The van der Waals surface area contributed by atoms with Gasteiger partial charge >= 0.3 is 0 Å². The van der Waals surface area contributed by atoms with Crippen LogP contribution in [0.2, 0.25) is 0 Å². The first-order valence-electron chi connectivity index (χ1n) is 25.1. The van der Waals surface area contributed by atoms with Crippen molar-refractivity contribution >= 4 is 88.5 Å². The van der Waals surface area contributed by atoms with E-state index in [4.69, 9.17) is 0 Å². The van der Waals surface area contributed by atoms with Crippen LogP contribution in [0.4, 0.5) is 0 Å². The molecule has 9 aromatic carbocycles. The Kier molecular flexibility index (Phi) is 9.10. The molecule has 0 saturated heterocycles. The predicted molar refractivity (Wildman–Crippen MR) is 302 cm³/mol. The van der Waals surface area contributed by atoms with Gasteiger partial charge in [-0.05, 0) is 137 Å². The lowest BCUT2D eigenvalue weighted by atomic mass is 9.34. The van der Waals surface area contributed by atoms with E-state index < -0.39 is 0 Å². The number of hydrogen-bond donors (Lipinski definition) is 0. The molecule has 13 rings (SSSR count). The third-order valence-electron chi connectivity index (χ3n) is 16.3. The van der Waals surface area contributed by atoms with Gasteiger partial charge in [-0.2, -0.15) is 0 Å². The average molecular weight is 904 g/mol. The Morgan fingerprint density at radius 1 is 0.357 bits per heavy atom. The predicted octanol–water partition coefficient (Wildman–Crippen LogP) is 15.3. The van der Waals surface area contributed by atoms with Gasteiger partial charge in [0.05, 0.1) is 44.5 Å². The quantitative estimate of drug-likeness (QED) is 0.156. The lowest BCUT2D eigenvalue weighted by Gasteiger charge is -2.31. The summed E-state index contributed by atoms with van der Waals surface area (Å²) in [7, 11) is 0. The number of hydrogen-bond acceptors (Lipinski definition) is 0. The number of nitrogens with zero attached hydrogens (tertiary/aromatic N) is 3. The summed E-state index contributed by atoms with van der Waals surface area (Å²) in [6.07, 6.45) is 0. The Balaban J connectivity index is 1.09. The number of benzene rings is 9. The first-order valence-corrected chi connectivity index (χ1v) is 25.1. The van der Waals surface area contributed by atoms with E-state index in [1.165, 1.54) is 143 Å². The van der Waals surface area contributed by atoms with Gasteiger partial charge in [0, 0.05) is 38.0 Å².